The molecule has 0 amide bonds. The maximum absolute atomic E-state index is 12.8. The first-order valence-corrected chi connectivity index (χ1v) is 26.0. The van der Waals surface area contributed by atoms with E-state index in [-0.39, 0.29) is 50.4 Å². The number of ether oxygens (including phenoxy) is 3. The lowest BCUT2D eigenvalue weighted by Gasteiger charge is -2.18. The van der Waals surface area contributed by atoms with Crippen molar-refractivity contribution in [1.82, 2.24) is 0 Å². The van der Waals surface area contributed by atoms with Crippen LogP contribution >= 0.6 is 0 Å². The van der Waals surface area contributed by atoms with Crippen LogP contribution in [-0.2, 0) is 28.6 Å². The number of esters is 3. The fourth-order valence-electron chi connectivity index (χ4n) is 6.16. The molecule has 0 saturated heterocycles. The van der Waals surface area contributed by atoms with Crippen molar-refractivity contribution < 1.29 is 28.6 Å². The Morgan fingerprint density at radius 3 is 1.01 bits per heavy atom. The summed E-state index contributed by atoms with van der Waals surface area (Å²) in [5, 5.41) is 0. The predicted octanol–water partition coefficient (Wildman–Crippen LogP) is 17.4. The van der Waals surface area contributed by atoms with E-state index >= 15 is 0 Å². The molecule has 6 heteroatoms. The quantitative estimate of drug-likeness (QED) is 0.0199. The average molecular weight is 931 g/mol. The number of carbonyl (C=O) groups is 3. The van der Waals surface area contributed by atoms with Crippen molar-refractivity contribution in [1.29, 1.82) is 0 Å². The van der Waals surface area contributed by atoms with Crippen molar-refractivity contribution in [3.63, 3.8) is 0 Å². The van der Waals surface area contributed by atoms with Crippen LogP contribution in [0.2, 0.25) is 0 Å². The Labute approximate surface area is 414 Å². The second kappa shape index (κ2) is 54.1. The summed E-state index contributed by atoms with van der Waals surface area (Å²) in [5.74, 6) is -1.04. The van der Waals surface area contributed by atoms with Crippen LogP contribution in [-0.4, -0.2) is 37.2 Å². The van der Waals surface area contributed by atoms with Crippen molar-refractivity contribution in [2.75, 3.05) is 13.2 Å². The molecule has 68 heavy (non-hydrogen) atoms. The zero-order valence-corrected chi connectivity index (χ0v) is 42.5. The topological polar surface area (TPSA) is 78.9 Å². The third-order valence-electron chi connectivity index (χ3n) is 9.96. The van der Waals surface area contributed by atoms with Crippen LogP contribution in [0.1, 0.15) is 168 Å². The van der Waals surface area contributed by atoms with Crippen molar-refractivity contribution in [3.8, 4) is 0 Å². The van der Waals surface area contributed by atoms with Gasteiger partial charge in [0.1, 0.15) is 13.2 Å². The Hall–Kier alpha value is -5.49. The third-order valence-corrected chi connectivity index (χ3v) is 9.96. The normalized spacial score (nSPS) is 13.6. The first kappa shape index (κ1) is 62.5. The summed E-state index contributed by atoms with van der Waals surface area (Å²) in [5.41, 5.74) is 0. The van der Waals surface area contributed by atoms with E-state index in [1.54, 1.807) is 0 Å². The molecule has 0 aliphatic rings. The zero-order valence-electron chi connectivity index (χ0n) is 42.5. The highest BCUT2D eigenvalue weighted by molar-refractivity contribution is 5.71. The van der Waals surface area contributed by atoms with E-state index in [0.29, 0.717) is 12.8 Å². The maximum atomic E-state index is 12.8. The van der Waals surface area contributed by atoms with E-state index in [1.165, 1.54) is 12.8 Å². The zero-order chi connectivity index (χ0) is 49.3. The lowest BCUT2D eigenvalue weighted by atomic mass is 10.1. The minimum absolute atomic E-state index is 0.131. The molecule has 0 aromatic heterocycles. The highest BCUT2D eigenvalue weighted by Gasteiger charge is 2.19. The summed E-state index contributed by atoms with van der Waals surface area (Å²) in [6.07, 6.45) is 81.5. The van der Waals surface area contributed by atoms with Gasteiger partial charge in [-0.25, -0.2) is 0 Å². The number of allylic oxidation sites excluding steroid dienone is 30. The van der Waals surface area contributed by atoms with E-state index < -0.39 is 6.10 Å². The molecule has 0 aromatic rings. The summed E-state index contributed by atoms with van der Waals surface area (Å²) in [6.45, 7) is 6.11. The average Bonchev–Trinajstić information content (AvgIpc) is 3.34. The molecule has 0 saturated carbocycles. The molecule has 0 aliphatic heterocycles. The molecule has 0 spiro atoms. The van der Waals surface area contributed by atoms with Crippen molar-refractivity contribution in [2.45, 2.75) is 175 Å². The largest absolute Gasteiger partial charge is 0.462 e. The van der Waals surface area contributed by atoms with E-state index in [1.807, 2.05) is 122 Å². The molecule has 0 heterocycles. The monoisotopic (exact) mass is 931 g/mol. The van der Waals surface area contributed by atoms with Gasteiger partial charge in [-0.2, -0.15) is 0 Å². The van der Waals surface area contributed by atoms with Gasteiger partial charge in [0.25, 0.3) is 0 Å². The van der Waals surface area contributed by atoms with Crippen molar-refractivity contribution >= 4 is 17.9 Å². The number of hydrogen-bond acceptors (Lipinski definition) is 6. The molecule has 0 radical (unpaired) electrons. The fraction of sp³-hybridized carbons (Fsp3) is 0.468. The molecule has 1 atom stereocenters. The summed E-state index contributed by atoms with van der Waals surface area (Å²) < 4.78 is 16.7. The molecule has 0 bridgehead atoms. The molecular weight excluding hydrogens is 841 g/mol. The first-order valence-electron chi connectivity index (χ1n) is 26.0. The van der Waals surface area contributed by atoms with E-state index in [9.17, 15) is 14.4 Å². The van der Waals surface area contributed by atoms with Crippen LogP contribution in [0.25, 0.3) is 0 Å². The van der Waals surface area contributed by atoms with Gasteiger partial charge in [-0.3, -0.25) is 14.4 Å². The van der Waals surface area contributed by atoms with E-state index in [4.69, 9.17) is 14.2 Å². The summed E-state index contributed by atoms with van der Waals surface area (Å²) in [6, 6.07) is 0. The Morgan fingerprint density at radius 1 is 0.309 bits per heavy atom. The van der Waals surface area contributed by atoms with Crippen LogP contribution in [0.4, 0.5) is 0 Å². The van der Waals surface area contributed by atoms with Crippen LogP contribution in [0.15, 0.2) is 182 Å². The van der Waals surface area contributed by atoms with Gasteiger partial charge in [-0.15, -0.1) is 0 Å². The molecule has 0 N–H and O–H groups in total. The van der Waals surface area contributed by atoms with Gasteiger partial charge in [-0.05, 0) is 89.9 Å². The van der Waals surface area contributed by atoms with Crippen LogP contribution in [0.5, 0.6) is 0 Å². The minimum Gasteiger partial charge on any atom is -0.462 e. The molecule has 0 rings (SSSR count). The number of carbonyl (C=O) groups excluding carboxylic acids is 3. The second-order valence-electron chi connectivity index (χ2n) is 16.2. The Balaban J connectivity index is 4.64. The second-order valence-corrected chi connectivity index (χ2v) is 16.2. The highest BCUT2D eigenvalue weighted by atomic mass is 16.6. The minimum atomic E-state index is -0.833. The third kappa shape index (κ3) is 51.5. The van der Waals surface area contributed by atoms with Gasteiger partial charge in [0.15, 0.2) is 6.10 Å². The highest BCUT2D eigenvalue weighted by Crippen LogP contribution is 2.12. The van der Waals surface area contributed by atoms with Crippen molar-refractivity contribution in [2.24, 2.45) is 0 Å². The summed E-state index contributed by atoms with van der Waals surface area (Å²) >= 11 is 0. The van der Waals surface area contributed by atoms with Gasteiger partial charge < -0.3 is 14.2 Å². The molecule has 0 aromatic carbocycles. The standard InChI is InChI=1S/C62H90O6/c1-4-7-10-13-16-19-22-25-28-30-31-32-35-37-40-43-46-49-52-55-61(64)67-58-59(57-66-60(63)54-51-48-45-42-39-36-33-27-24-21-18-15-12-9-6-3)68-62(65)56-53-50-47-44-41-38-34-29-26-23-20-17-14-11-8-5-2/h7-13,15-22,24-33,35-37,39-40,59H,4-6,14,23,34,38,41-58H2,1-3H3/b10-7-,11-8-,12-9-,16-13-,18-15-,20-17-,22-19-,24-21-,28-25-,29-26-,31-30+,33-27-,35-32-,39-36-,40-37-. The molecule has 0 aliphatic carbocycles. The predicted molar refractivity (Wildman–Crippen MR) is 292 cm³/mol. The van der Waals surface area contributed by atoms with Crippen molar-refractivity contribution in [3.05, 3.63) is 182 Å². The molecular formula is C62H90O6. The van der Waals surface area contributed by atoms with Gasteiger partial charge in [-0.1, -0.05) is 242 Å². The molecule has 6 nitrogen and oxygen atoms in total. The lowest BCUT2D eigenvalue weighted by Crippen LogP contribution is -2.30. The van der Waals surface area contributed by atoms with Crippen LogP contribution in [0, 0.1) is 0 Å². The smallest absolute Gasteiger partial charge is 0.306 e. The molecule has 0 fully saturated rings. The molecule has 1 unspecified atom stereocenters. The van der Waals surface area contributed by atoms with E-state index in [2.05, 4.69) is 81.5 Å². The maximum Gasteiger partial charge on any atom is 0.306 e. The van der Waals surface area contributed by atoms with E-state index in [0.717, 1.165) is 103 Å². The Bertz CT molecular complexity index is 1680. The van der Waals surface area contributed by atoms with Crippen LogP contribution < -0.4 is 0 Å². The Morgan fingerprint density at radius 2 is 0.603 bits per heavy atom. The van der Waals surface area contributed by atoms with Crippen LogP contribution in [0.3, 0.4) is 0 Å². The number of rotatable bonds is 43. The van der Waals surface area contributed by atoms with Gasteiger partial charge in [0.05, 0.1) is 0 Å². The van der Waals surface area contributed by atoms with Gasteiger partial charge in [0, 0.05) is 19.3 Å². The van der Waals surface area contributed by atoms with Gasteiger partial charge in [0.2, 0.25) is 0 Å². The molecule has 374 valence electrons. The number of hydrogen-bond donors (Lipinski definition) is 0. The number of unbranched alkanes of at least 4 members (excludes halogenated alkanes) is 12. The lowest BCUT2D eigenvalue weighted by molar-refractivity contribution is -0.167. The summed E-state index contributed by atoms with van der Waals surface area (Å²) in [7, 11) is 0. The van der Waals surface area contributed by atoms with Gasteiger partial charge >= 0.3 is 17.9 Å². The fourth-order valence-corrected chi connectivity index (χ4v) is 6.16. The summed E-state index contributed by atoms with van der Waals surface area (Å²) in [4.78, 5) is 38.0. The SMILES string of the molecule is CC\C=C/C=C\C=C/C=C\C=C/CCCCCC(=O)OCC(COC(=O)CCCCC\C=C/C=C\C=C\C=C/C=C\C=C/C=C\CC)OC(=O)CCCCCCCC/C=C\C/C=C\C/C=C\CC. The Kier molecular flexibility index (Phi) is 49.7. The first-order chi connectivity index (χ1) is 33.5.